The van der Waals surface area contributed by atoms with E-state index in [4.69, 9.17) is 9.47 Å². The Morgan fingerprint density at radius 1 is 1.45 bits per heavy atom. The van der Waals surface area contributed by atoms with Crippen molar-refractivity contribution >= 4 is 10.0 Å². The lowest BCUT2D eigenvalue weighted by Gasteiger charge is -2.37. The van der Waals surface area contributed by atoms with E-state index in [1.807, 2.05) is 0 Å². The number of morpholine rings is 1. The van der Waals surface area contributed by atoms with Gasteiger partial charge in [-0.3, -0.25) is 0 Å². The molecule has 7 nitrogen and oxygen atoms in total. The predicted molar refractivity (Wildman–Crippen MR) is 70.7 cm³/mol. The van der Waals surface area contributed by atoms with Crippen molar-refractivity contribution in [3.05, 3.63) is 12.5 Å². The van der Waals surface area contributed by atoms with E-state index in [1.165, 1.54) is 16.8 Å². The molecule has 2 heterocycles. The average Bonchev–Trinajstić information content (AvgIpc) is 3.04. The molecule has 0 N–H and O–H groups in total. The van der Waals surface area contributed by atoms with Gasteiger partial charge in [0.1, 0.15) is 6.10 Å². The Hall–Kier alpha value is -0.960. The largest absolute Gasteiger partial charge is 0.379 e. The summed E-state index contributed by atoms with van der Waals surface area (Å²) in [4.78, 5) is 3.98. The van der Waals surface area contributed by atoms with E-state index in [9.17, 15) is 8.42 Å². The van der Waals surface area contributed by atoms with Gasteiger partial charge in [-0.2, -0.15) is 4.31 Å². The SMILES string of the molecule is CO[C@H]1CC[C@@H]2[C@@H]1OCCN2S(=O)(=O)c1cn(C)cn1. The van der Waals surface area contributed by atoms with Crippen molar-refractivity contribution in [3.8, 4) is 0 Å². The second kappa shape index (κ2) is 5.10. The van der Waals surface area contributed by atoms with Crippen LogP contribution in [0.25, 0.3) is 0 Å². The number of hydrogen-bond acceptors (Lipinski definition) is 5. The van der Waals surface area contributed by atoms with Gasteiger partial charge in [0.25, 0.3) is 10.0 Å². The molecule has 1 saturated heterocycles. The zero-order chi connectivity index (χ0) is 14.3. The van der Waals surface area contributed by atoms with Crippen LogP contribution < -0.4 is 0 Å². The predicted octanol–water partition coefficient (Wildman–Crippen LogP) is -0.0130. The highest BCUT2D eigenvalue weighted by Gasteiger charge is 2.47. The summed E-state index contributed by atoms with van der Waals surface area (Å²) in [6.07, 6.45) is 4.41. The Kier molecular flexibility index (Phi) is 3.57. The second-order valence-corrected chi connectivity index (χ2v) is 7.08. The van der Waals surface area contributed by atoms with Crippen LogP contribution in [0.4, 0.5) is 0 Å². The van der Waals surface area contributed by atoms with Crippen molar-refractivity contribution in [3.63, 3.8) is 0 Å². The van der Waals surface area contributed by atoms with Gasteiger partial charge in [0, 0.05) is 26.9 Å². The van der Waals surface area contributed by atoms with E-state index in [0.717, 1.165) is 12.8 Å². The van der Waals surface area contributed by atoms with Crippen molar-refractivity contribution in [1.29, 1.82) is 0 Å². The molecule has 2 fully saturated rings. The van der Waals surface area contributed by atoms with Gasteiger partial charge in [-0.15, -0.1) is 0 Å². The Morgan fingerprint density at radius 2 is 2.25 bits per heavy atom. The van der Waals surface area contributed by atoms with Crippen LogP contribution in [0.2, 0.25) is 0 Å². The van der Waals surface area contributed by atoms with E-state index in [2.05, 4.69) is 4.98 Å². The van der Waals surface area contributed by atoms with Crippen LogP contribution in [0.1, 0.15) is 12.8 Å². The van der Waals surface area contributed by atoms with Gasteiger partial charge >= 0.3 is 0 Å². The number of sulfonamides is 1. The Labute approximate surface area is 118 Å². The van der Waals surface area contributed by atoms with Gasteiger partial charge in [-0.1, -0.05) is 0 Å². The lowest BCUT2D eigenvalue weighted by atomic mass is 10.2. The summed E-state index contributed by atoms with van der Waals surface area (Å²) >= 11 is 0. The molecule has 0 aromatic carbocycles. The molecule has 1 aromatic rings. The quantitative estimate of drug-likeness (QED) is 0.785. The highest BCUT2D eigenvalue weighted by atomic mass is 32.2. The van der Waals surface area contributed by atoms with Crippen molar-refractivity contribution in [2.75, 3.05) is 20.3 Å². The third-order valence-electron chi connectivity index (χ3n) is 4.04. The van der Waals surface area contributed by atoms with Crippen molar-refractivity contribution in [1.82, 2.24) is 13.9 Å². The number of hydrogen-bond donors (Lipinski definition) is 0. The summed E-state index contributed by atoms with van der Waals surface area (Å²) in [5.74, 6) is 0. The summed E-state index contributed by atoms with van der Waals surface area (Å²) in [7, 11) is -0.165. The normalized spacial score (nSPS) is 31.4. The average molecular weight is 301 g/mol. The maximum Gasteiger partial charge on any atom is 0.262 e. The number of rotatable bonds is 3. The topological polar surface area (TPSA) is 73.7 Å². The fourth-order valence-electron chi connectivity index (χ4n) is 3.07. The first-order chi connectivity index (χ1) is 9.54. The van der Waals surface area contributed by atoms with Crippen LogP contribution in [0.5, 0.6) is 0 Å². The molecule has 1 aliphatic carbocycles. The highest BCUT2D eigenvalue weighted by Crippen LogP contribution is 2.34. The molecule has 0 bridgehead atoms. The van der Waals surface area contributed by atoms with Gasteiger partial charge in [0.05, 0.1) is 25.1 Å². The zero-order valence-corrected chi connectivity index (χ0v) is 12.4. The van der Waals surface area contributed by atoms with Crippen molar-refractivity contribution in [2.24, 2.45) is 7.05 Å². The maximum absolute atomic E-state index is 12.7. The minimum Gasteiger partial charge on any atom is -0.379 e. The molecule has 0 radical (unpaired) electrons. The number of methoxy groups -OCH3 is 1. The monoisotopic (exact) mass is 301 g/mol. The maximum atomic E-state index is 12.7. The Morgan fingerprint density at radius 3 is 2.90 bits per heavy atom. The molecule has 0 amide bonds. The van der Waals surface area contributed by atoms with Gasteiger partial charge in [0.2, 0.25) is 0 Å². The molecular formula is C12H19N3O4S. The van der Waals surface area contributed by atoms with E-state index in [1.54, 1.807) is 18.7 Å². The summed E-state index contributed by atoms with van der Waals surface area (Å²) < 4.78 is 39.7. The summed E-state index contributed by atoms with van der Waals surface area (Å²) in [6.45, 7) is 0.767. The molecule has 112 valence electrons. The van der Waals surface area contributed by atoms with Crippen LogP contribution in [-0.2, 0) is 26.5 Å². The van der Waals surface area contributed by atoms with Gasteiger partial charge < -0.3 is 14.0 Å². The van der Waals surface area contributed by atoms with E-state index < -0.39 is 10.0 Å². The number of aromatic nitrogens is 2. The number of ether oxygens (including phenoxy) is 2. The second-order valence-electron chi connectivity index (χ2n) is 5.25. The van der Waals surface area contributed by atoms with E-state index in [0.29, 0.717) is 13.2 Å². The minimum atomic E-state index is -3.56. The molecule has 1 saturated carbocycles. The standard InChI is InChI=1S/C12H19N3O4S/c1-14-7-11(13-8-14)20(16,17)15-5-6-19-12-9(15)3-4-10(12)18-2/h7-10,12H,3-6H2,1-2H3/t9-,10+,12+/m1/s1. The number of imidazole rings is 1. The fourth-order valence-corrected chi connectivity index (χ4v) is 4.69. The first kappa shape index (κ1) is 14.0. The zero-order valence-electron chi connectivity index (χ0n) is 11.6. The highest BCUT2D eigenvalue weighted by molar-refractivity contribution is 7.89. The number of nitrogens with zero attached hydrogens (tertiary/aromatic N) is 3. The molecule has 8 heteroatoms. The van der Waals surface area contributed by atoms with Crippen LogP contribution >= 0.6 is 0 Å². The first-order valence-corrected chi connectivity index (χ1v) is 8.12. The first-order valence-electron chi connectivity index (χ1n) is 6.68. The summed E-state index contributed by atoms with van der Waals surface area (Å²) in [5.41, 5.74) is 0. The molecular weight excluding hydrogens is 282 g/mol. The van der Waals surface area contributed by atoms with Crippen molar-refractivity contribution < 1.29 is 17.9 Å². The van der Waals surface area contributed by atoms with Gasteiger partial charge in [-0.25, -0.2) is 13.4 Å². The Bertz CT molecular complexity index is 585. The molecule has 2 aliphatic rings. The van der Waals surface area contributed by atoms with Crippen LogP contribution in [0, 0.1) is 0 Å². The van der Waals surface area contributed by atoms with Crippen LogP contribution in [-0.4, -0.2) is 60.8 Å². The lowest BCUT2D eigenvalue weighted by molar-refractivity contribution is -0.0848. The van der Waals surface area contributed by atoms with E-state index >= 15 is 0 Å². The van der Waals surface area contributed by atoms with Gasteiger partial charge in [0.15, 0.2) is 5.03 Å². The fraction of sp³-hybridized carbons (Fsp3) is 0.750. The molecule has 1 aromatic heterocycles. The molecule has 3 rings (SSSR count). The smallest absolute Gasteiger partial charge is 0.262 e. The van der Waals surface area contributed by atoms with Crippen LogP contribution in [0.3, 0.4) is 0 Å². The number of fused-ring (bicyclic) bond motifs is 1. The summed E-state index contributed by atoms with van der Waals surface area (Å²) in [5, 5.41) is 0.0986. The lowest BCUT2D eigenvalue weighted by Crippen LogP contribution is -2.53. The van der Waals surface area contributed by atoms with E-state index in [-0.39, 0.29) is 23.3 Å². The molecule has 0 unspecified atom stereocenters. The minimum absolute atomic E-state index is 0.0262. The molecule has 1 aliphatic heterocycles. The molecule has 3 atom stereocenters. The third kappa shape index (κ3) is 2.16. The van der Waals surface area contributed by atoms with Gasteiger partial charge in [-0.05, 0) is 12.8 Å². The molecule has 20 heavy (non-hydrogen) atoms. The number of aryl methyl sites for hydroxylation is 1. The Balaban J connectivity index is 1.90. The van der Waals surface area contributed by atoms with Crippen LogP contribution in [0.15, 0.2) is 17.6 Å². The third-order valence-corrected chi connectivity index (χ3v) is 5.85. The molecule has 0 spiro atoms. The van der Waals surface area contributed by atoms with Crippen molar-refractivity contribution in [2.45, 2.75) is 36.1 Å². The summed E-state index contributed by atoms with van der Waals surface area (Å²) in [6, 6.07) is -0.152.